The number of hydrogen-bond acceptors (Lipinski definition) is 6. The van der Waals surface area contributed by atoms with E-state index < -0.39 is 6.23 Å². The molecule has 0 aliphatic carbocycles. The van der Waals surface area contributed by atoms with Gasteiger partial charge < -0.3 is 4.74 Å². The second-order valence-electron chi connectivity index (χ2n) is 7.56. The van der Waals surface area contributed by atoms with Gasteiger partial charge in [-0.1, -0.05) is 79.4 Å². The summed E-state index contributed by atoms with van der Waals surface area (Å²) in [5.74, 6) is 0.960. The highest BCUT2D eigenvalue weighted by Gasteiger charge is 2.35. The van der Waals surface area contributed by atoms with Crippen molar-refractivity contribution in [1.82, 2.24) is 15.2 Å². The number of rotatable bonds is 5. The van der Waals surface area contributed by atoms with E-state index in [1.54, 1.807) is 11.0 Å². The molecule has 0 spiro atoms. The lowest BCUT2D eigenvalue weighted by molar-refractivity contribution is -0.120. The van der Waals surface area contributed by atoms with Crippen molar-refractivity contribution >= 4 is 34.1 Å². The van der Waals surface area contributed by atoms with Crippen molar-refractivity contribution in [3.8, 4) is 17.1 Å². The number of amides is 1. The van der Waals surface area contributed by atoms with Gasteiger partial charge >= 0.3 is 0 Å². The maximum Gasteiger partial charge on any atom is 0.247 e. The molecule has 0 N–H and O–H groups in total. The number of thioether (sulfide) groups is 1. The summed E-state index contributed by atoms with van der Waals surface area (Å²) in [4.78, 5) is 19.6. The Morgan fingerprint density at radius 3 is 2.70 bits per heavy atom. The van der Waals surface area contributed by atoms with Gasteiger partial charge in [-0.05, 0) is 22.9 Å². The van der Waals surface area contributed by atoms with Crippen LogP contribution in [-0.2, 0) is 4.79 Å². The van der Waals surface area contributed by atoms with Crippen LogP contribution in [-0.4, -0.2) is 26.8 Å². The molecular weight excluding hydrogens is 432 g/mol. The quantitative estimate of drug-likeness (QED) is 0.280. The van der Waals surface area contributed by atoms with Crippen LogP contribution in [0.25, 0.3) is 22.0 Å². The van der Waals surface area contributed by atoms with Crippen LogP contribution >= 0.6 is 11.8 Å². The zero-order valence-electron chi connectivity index (χ0n) is 18.1. The highest BCUT2D eigenvalue weighted by molar-refractivity contribution is 7.99. The highest BCUT2D eigenvalue weighted by Crippen LogP contribution is 2.43. The first-order valence-electron chi connectivity index (χ1n) is 10.7. The van der Waals surface area contributed by atoms with Gasteiger partial charge in [-0.3, -0.25) is 9.69 Å². The fourth-order valence-electron chi connectivity index (χ4n) is 3.93. The average molecular weight is 455 g/mol. The molecule has 0 fully saturated rings. The molecule has 1 unspecified atom stereocenters. The molecule has 33 heavy (non-hydrogen) atoms. The normalized spacial score (nSPS) is 14.7. The number of para-hydroxylation sites is 1. The molecule has 7 heteroatoms. The van der Waals surface area contributed by atoms with E-state index in [1.165, 1.54) is 11.8 Å². The smallest absolute Gasteiger partial charge is 0.247 e. The first kappa shape index (κ1) is 21.2. The van der Waals surface area contributed by atoms with Crippen molar-refractivity contribution in [3.63, 3.8) is 0 Å². The molecule has 0 bridgehead atoms. The molecule has 4 aromatic rings. The molecule has 0 saturated heterocycles. The second-order valence-corrected chi connectivity index (χ2v) is 8.55. The van der Waals surface area contributed by atoms with Crippen LogP contribution in [0.5, 0.6) is 5.88 Å². The minimum atomic E-state index is -0.696. The zero-order chi connectivity index (χ0) is 22.8. The first-order valence-corrected chi connectivity index (χ1v) is 11.7. The number of hydrogen-bond donors (Lipinski definition) is 0. The molecule has 0 saturated carbocycles. The van der Waals surface area contributed by atoms with E-state index in [-0.39, 0.29) is 5.91 Å². The van der Waals surface area contributed by atoms with Crippen molar-refractivity contribution < 1.29 is 9.53 Å². The number of anilines is 1. The van der Waals surface area contributed by atoms with Crippen LogP contribution < -0.4 is 9.64 Å². The number of carbonyl (C=O) groups excluding carboxylic acids is 1. The molecule has 164 valence electrons. The Balaban J connectivity index is 1.71. The van der Waals surface area contributed by atoms with Gasteiger partial charge in [0.15, 0.2) is 5.69 Å². The Kier molecular flexibility index (Phi) is 5.79. The van der Waals surface area contributed by atoms with E-state index in [0.29, 0.717) is 28.9 Å². The Labute approximate surface area is 196 Å². The molecule has 2 heterocycles. The van der Waals surface area contributed by atoms with Crippen molar-refractivity contribution in [2.24, 2.45) is 0 Å². The van der Waals surface area contributed by atoms with E-state index in [2.05, 4.69) is 40.0 Å². The molecule has 1 atom stereocenters. The predicted octanol–water partition coefficient (Wildman–Crippen LogP) is 5.80. The maximum atomic E-state index is 13.3. The molecular formula is C26H22N4O2S. The number of ether oxygens (including phenoxy) is 1. The fourth-order valence-corrected chi connectivity index (χ4v) is 4.44. The van der Waals surface area contributed by atoms with E-state index in [1.807, 2.05) is 55.5 Å². The van der Waals surface area contributed by atoms with Crippen LogP contribution in [0.2, 0.25) is 0 Å². The molecule has 1 aliphatic heterocycles. The lowest BCUT2D eigenvalue weighted by Gasteiger charge is -2.30. The van der Waals surface area contributed by atoms with Gasteiger partial charge in [-0.25, -0.2) is 0 Å². The Hall–Kier alpha value is -3.71. The fraction of sp³-hybridized carbons (Fsp3) is 0.154. The number of fused-ring (bicyclic) bond motifs is 4. The van der Waals surface area contributed by atoms with Crippen LogP contribution in [0, 0.1) is 0 Å². The van der Waals surface area contributed by atoms with Gasteiger partial charge in [-0.15, -0.1) is 16.8 Å². The number of benzene rings is 3. The lowest BCUT2D eigenvalue weighted by atomic mass is 10.0. The van der Waals surface area contributed by atoms with Crippen molar-refractivity contribution in [3.05, 3.63) is 84.9 Å². The number of nitrogens with zero attached hydrogens (tertiary/aromatic N) is 4. The monoisotopic (exact) mass is 454 g/mol. The summed E-state index contributed by atoms with van der Waals surface area (Å²) in [6.07, 6.45) is 1.42. The summed E-state index contributed by atoms with van der Waals surface area (Å²) < 4.78 is 6.48. The summed E-state index contributed by atoms with van der Waals surface area (Å²) in [5.41, 5.74) is 2.87. The Morgan fingerprint density at radius 2 is 1.88 bits per heavy atom. The minimum Gasteiger partial charge on any atom is -0.447 e. The van der Waals surface area contributed by atoms with Crippen molar-refractivity contribution in [2.45, 2.75) is 24.7 Å². The van der Waals surface area contributed by atoms with Crippen LogP contribution in [0.15, 0.2) is 84.5 Å². The average Bonchev–Trinajstić information content (AvgIpc) is 3.01. The van der Waals surface area contributed by atoms with Gasteiger partial charge in [0, 0.05) is 23.3 Å². The molecule has 6 nitrogen and oxygen atoms in total. The van der Waals surface area contributed by atoms with Gasteiger partial charge in [0.25, 0.3) is 0 Å². The predicted molar refractivity (Wildman–Crippen MR) is 131 cm³/mol. The maximum absolute atomic E-state index is 13.3. The third kappa shape index (κ3) is 3.96. The van der Waals surface area contributed by atoms with Crippen LogP contribution in [0.1, 0.15) is 25.1 Å². The second kappa shape index (κ2) is 9.03. The van der Waals surface area contributed by atoms with E-state index in [0.717, 1.165) is 27.6 Å². The van der Waals surface area contributed by atoms with Crippen molar-refractivity contribution in [2.75, 3.05) is 10.7 Å². The molecule has 1 aliphatic rings. The molecule has 3 aromatic carbocycles. The summed E-state index contributed by atoms with van der Waals surface area (Å²) in [5, 5.41) is 11.4. The van der Waals surface area contributed by atoms with Crippen molar-refractivity contribution in [1.29, 1.82) is 0 Å². The van der Waals surface area contributed by atoms with Gasteiger partial charge in [0.05, 0.1) is 5.69 Å². The van der Waals surface area contributed by atoms with E-state index in [4.69, 9.17) is 4.74 Å². The summed E-state index contributed by atoms with van der Waals surface area (Å²) in [7, 11) is 0. The number of carbonyl (C=O) groups is 1. The third-order valence-electron chi connectivity index (χ3n) is 5.47. The van der Waals surface area contributed by atoms with Gasteiger partial charge in [0.1, 0.15) is 0 Å². The largest absolute Gasteiger partial charge is 0.447 e. The number of aromatic nitrogens is 3. The van der Waals surface area contributed by atoms with E-state index >= 15 is 0 Å². The highest BCUT2D eigenvalue weighted by atomic mass is 32.2. The summed E-state index contributed by atoms with van der Waals surface area (Å²) in [6, 6.07) is 21.9. The molecule has 1 aromatic heterocycles. The van der Waals surface area contributed by atoms with Gasteiger partial charge in [-0.2, -0.15) is 4.98 Å². The summed E-state index contributed by atoms with van der Waals surface area (Å²) >= 11 is 1.43. The molecule has 5 rings (SSSR count). The Bertz CT molecular complexity index is 1360. The molecule has 1 amide bonds. The molecule has 0 radical (unpaired) electrons. The summed E-state index contributed by atoms with van der Waals surface area (Å²) in [6.45, 7) is 5.60. The minimum absolute atomic E-state index is 0.0531. The van der Waals surface area contributed by atoms with Crippen LogP contribution in [0.3, 0.4) is 0 Å². The first-order chi connectivity index (χ1) is 16.2. The zero-order valence-corrected chi connectivity index (χ0v) is 19.0. The standard InChI is InChI=1S/C26H22N4O2S/c1-3-15-33-26-27-24-23(28-29-26)20-11-7-8-12-21(20)30(22(31)4-2)25(32-24)19-14-13-17-9-5-6-10-18(17)16-19/h3,5-14,16,25H,1,4,15H2,2H3. The van der Waals surface area contributed by atoms with E-state index in [9.17, 15) is 4.79 Å². The van der Waals surface area contributed by atoms with Gasteiger partial charge in [0.2, 0.25) is 23.2 Å². The SMILES string of the molecule is C=CCSc1nnc2c(n1)OC(c1ccc3ccccc3c1)N(C(=O)CC)c1ccccc1-2. The lowest BCUT2D eigenvalue weighted by Crippen LogP contribution is -2.37. The topological polar surface area (TPSA) is 68.2 Å². The van der Waals surface area contributed by atoms with Crippen LogP contribution in [0.4, 0.5) is 5.69 Å². The Morgan fingerprint density at radius 1 is 1.09 bits per heavy atom. The third-order valence-corrected chi connectivity index (χ3v) is 6.31.